The van der Waals surface area contributed by atoms with Crippen molar-refractivity contribution in [2.75, 3.05) is 25.5 Å². The molecule has 2 N–H and O–H groups in total. The average Bonchev–Trinajstić information content (AvgIpc) is 3.00. The Morgan fingerprint density at radius 1 is 1.12 bits per heavy atom. The Bertz CT molecular complexity index is 1090. The van der Waals surface area contributed by atoms with Crippen LogP contribution in [0, 0.1) is 0 Å². The number of nitrogens with zero attached hydrogens (tertiary/aromatic N) is 2. The van der Waals surface area contributed by atoms with Crippen LogP contribution in [0.4, 0.5) is 0 Å². The number of likely N-dealkylation sites (tertiary alicyclic amines) is 1. The second kappa shape index (κ2) is 11.3. The van der Waals surface area contributed by atoms with E-state index in [4.69, 9.17) is 33.3 Å². The Kier molecular flexibility index (Phi) is 8.24. The van der Waals surface area contributed by atoms with Crippen molar-refractivity contribution in [3.63, 3.8) is 0 Å². The SMILES string of the molecule is O=C(O)C(CCl)NCCCC(=O)N1CCC(=C2c3ccc(Cl)cc3CCc3cccnc32)CC1. The number of piperidine rings is 1. The number of benzene rings is 1. The fourth-order valence-corrected chi connectivity index (χ4v) is 5.23. The molecule has 0 radical (unpaired) electrons. The second-order valence-corrected chi connectivity index (χ2v) is 9.52. The van der Waals surface area contributed by atoms with Crippen molar-refractivity contribution in [3.8, 4) is 0 Å². The van der Waals surface area contributed by atoms with Crippen LogP contribution >= 0.6 is 23.2 Å². The summed E-state index contributed by atoms with van der Waals surface area (Å²) >= 11 is 12.0. The molecule has 6 nitrogen and oxygen atoms in total. The molecular weight excluding hydrogens is 473 g/mol. The molecule has 2 aromatic rings. The summed E-state index contributed by atoms with van der Waals surface area (Å²) in [6.07, 6.45) is 6.30. The number of carbonyl (C=O) groups excluding carboxylic acids is 1. The van der Waals surface area contributed by atoms with Crippen LogP contribution in [0.15, 0.2) is 42.1 Å². The van der Waals surface area contributed by atoms with E-state index in [1.165, 1.54) is 27.8 Å². The molecule has 2 heterocycles. The predicted octanol–water partition coefficient (Wildman–Crippen LogP) is 4.32. The van der Waals surface area contributed by atoms with Gasteiger partial charge in [0.2, 0.25) is 5.91 Å². The average molecular weight is 502 g/mol. The highest BCUT2D eigenvalue weighted by atomic mass is 35.5. The molecule has 0 saturated carbocycles. The molecule has 1 amide bonds. The first-order valence-electron chi connectivity index (χ1n) is 11.7. The van der Waals surface area contributed by atoms with E-state index in [-0.39, 0.29) is 11.8 Å². The lowest BCUT2D eigenvalue weighted by atomic mass is 9.88. The van der Waals surface area contributed by atoms with Gasteiger partial charge in [0.25, 0.3) is 0 Å². The second-order valence-electron chi connectivity index (χ2n) is 8.77. The maximum Gasteiger partial charge on any atom is 0.321 e. The standard InChI is InChI=1S/C26H29Cl2N3O3/c27-16-22(26(33)34)29-11-2-4-23(32)31-13-9-17(10-14-31)24-21-8-7-20(28)15-19(21)6-5-18-3-1-12-30-25(18)24/h1,3,7-8,12,15,22,29H,2,4-6,9-11,13-14,16H2,(H,33,34). The van der Waals surface area contributed by atoms with Gasteiger partial charge in [-0.1, -0.05) is 29.3 Å². The van der Waals surface area contributed by atoms with Crippen LogP contribution in [0.1, 0.15) is 48.1 Å². The van der Waals surface area contributed by atoms with Crippen molar-refractivity contribution in [3.05, 3.63) is 69.5 Å². The van der Waals surface area contributed by atoms with Gasteiger partial charge in [-0.2, -0.15) is 0 Å². The van der Waals surface area contributed by atoms with Crippen LogP contribution in [-0.4, -0.2) is 58.4 Å². The third-order valence-electron chi connectivity index (χ3n) is 6.61. The lowest BCUT2D eigenvalue weighted by Gasteiger charge is -2.30. The zero-order valence-electron chi connectivity index (χ0n) is 19.0. The normalized spacial score (nSPS) is 16.5. The lowest BCUT2D eigenvalue weighted by Crippen LogP contribution is -2.40. The molecule has 180 valence electrons. The van der Waals surface area contributed by atoms with Crippen LogP contribution in [0.2, 0.25) is 5.02 Å². The fraction of sp³-hybridized carbons (Fsp3) is 0.423. The molecule has 1 aromatic carbocycles. The highest BCUT2D eigenvalue weighted by Gasteiger charge is 2.26. The minimum atomic E-state index is -0.976. The fourth-order valence-electron chi connectivity index (χ4n) is 4.79. The molecule has 1 aliphatic carbocycles. The van der Waals surface area contributed by atoms with Gasteiger partial charge in [0.1, 0.15) is 6.04 Å². The lowest BCUT2D eigenvalue weighted by molar-refractivity contribution is -0.138. The van der Waals surface area contributed by atoms with Gasteiger partial charge < -0.3 is 15.3 Å². The Morgan fingerprint density at radius 2 is 1.88 bits per heavy atom. The first-order valence-corrected chi connectivity index (χ1v) is 12.6. The van der Waals surface area contributed by atoms with Gasteiger partial charge in [0.15, 0.2) is 0 Å². The monoisotopic (exact) mass is 501 g/mol. The van der Waals surface area contributed by atoms with E-state index in [2.05, 4.69) is 23.5 Å². The van der Waals surface area contributed by atoms with Crippen LogP contribution in [0.25, 0.3) is 5.57 Å². The number of pyridine rings is 1. The van der Waals surface area contributed by atoms with E-state index in [0.29, 0.717) is 32.5 Å². The molecule has 8 heteroatoms. The Hall–Kier alpha value is -2.41. The van der Waals surface area contributed by atoms with Crippen molar-refractivity contribution in [2.45, 2.75) is 44.6 Å². The number of halogens is 2. The van der Waals surface area contributed by atoms with Gasteiger partial charge in [-0.3, -0.25) is 14.6 Å². The van der Waals surface area contributed by atoms with E-state index < -0.39 is 12.0 Å². The number of alkyl halides is 1. The zero-order valence-corrected chi connectivity index (χ0v) is 20.5. The number of fused-ring (bicyclic) bond motifs is 2. The number of carboxylic acids is 1. The topological polar surface area (TPSA) is 82.5 Å². The van der Waals surface area contributed by atoms with Crippen molar-refractivity contribution < 1.29 is 14.7 Å². The summed E-state index contributed by atoms with van der Waals surface area (Å²) in [5.74, 6) is -0.869. The van der Waals surface area contributed by atoms with E-state index in [1.807, 2.05) is 23.2 Å². The van der Waals surface area contributed by atoms with E-state index in [1.54, 1.807) is 0 Å². The quantitative estimate of drug-likeness (QED) is 0.436. The molecule has 2 aliphatic rings. The summed E-state index contributed by atoms with van der Waals surface area (Å²) < 4.78 is 0. The Balaban J connectivity index is 1.45. The Morgan fingerprint density at radius 3 is 2.62 bits per heavy atom. The molecule has 0 bridgehead atoms. The third kappa shape index (κ3) is 5.62. The zero-order chi connectivity index (χ0) is 24.1. The largest absolute Gasteiger partial charge is 0.480 e. The van der Waals surface area contributed by atoms with Crippen molar-refractivity contribution >= 4 is 40.7 Å². The van der Waals surface area contributed by atoms with Gasteiger partial charge in [-0.15, -0.1) is 11.6 Å². The molecular formula is C26H29Cl2N3O3. The van der Waals surface area contributed by atoms with Crippen LogP contribution in [0.5, 0.6) is 0 Å². The number of aryl methyl sites for hydroxylation is 2. The van der Waals surface area contributed by atoms with Gasteiger partial charge in [-0.05, 0) is 73.5 Å². The van der Waals surface area contributed by atoms with E-state index in [9.17, 15) is 9.59 Å². The number of aromatic nitrogens is 1. The molecule has 1 atom stereocenters. The minimum Gasteiger partial charge on any atom is -0.480 e. The van der Waals surface area contributed by atoms with Crippen LogP contribution in [-0.2, 0) is 22.4 Å². The molecule has 1 fully saturated rings. The van der Waals surface area contributed by atoms with Gasteiger partial charge in [0, 0.05) is 42.2 Å². The number of carbonyl (C=O) groups is 2. The van der Waals surface area contributed by atoms with Crippen molar-refractivity contribution in [1.82, 2.24) is 15.2 Å². The number of rotatable bonds is 7. The summed E-state index contributed by atoms with van der Waals surface area (Å²) in [6, 6.07) is 9.48. The molecule has 1 saturated heterocycles. The van der Waals surface area contributed by atoms with Crippen LogP contribution < -0.4 is 5.32 Å². The first kappa shape index (κ1) is 24.7. The number of amides is 1. The van der Waals surface area contributed by atoms with Gasteiger partial charge >= 0.3 is 5.97 Å². The predicted molar refractivity (Wildman–Crippen MR) is 134 cm³/mol. The molecule has 1 unspecified atom stereocenters. The summed E-state index contributed by atoms with van der Waals surface area (Å²) in [4.78, 5) is 30.4. The highest BCUT2D eigenvalue weighted by Crippen LogP contribution is 2.38. The number of nitrogens with one attached hydrogen (secondary N) is 1. The summed E-state index contributed by atoms with van der Waals surface area (Å²) in [5, 5.41) is 12.7. The molecule has 1 aromatic heterocycles. The number of hydrogen-bond acceptors (Lipinski definition) is 4. The summed E-state index contributed by atoms with van der Waals surface area (Å²) in [7, 11) is 0. The first-order chi connectivity index (χ1) is 16.5. The van der Waals surface area contributed by atoms with E-state index >= 15 is 0 Å². The Labute approximate surface area is 210 Å². The highest BCUT2D eigenvalue weighted by molar-refractivity contribution is 6.30. The molecule has 0 spiro atoms. The minimum absolute atomic E-state index is 0.000168. The maximum absolute atomic E-state index is 12.7. The van der Waals surface area contributed by atoms with E-state index in [0.717, 1.165) is 36.4 Å². The van der Waals surface area contributed by atoms with Gasteiger partial charge in [0.05, 0.1) is 5.69 Å². The molecule has 1 aliphatic heterocycles. The smallest absolute Gasteiger partial charge is 0.321 e. The van der Waals surface area contributed by atoms with Gasteiger partial charge in [-0.25, -0.2) is 0 Å². The van der Waals surface area contributed by atoms with Crippen LogP contribution in [0.3, 0.4) is 0 Å². The third-order valence-corrected chi connectivity index (χ3v) is 7.16. The summed E-state index contributed by atoms with van der Waals surface area (Å²) in [5.41, 5.74) is 7.29. The van der Waals surface area contributed by atoms with Crippen molar-refractivity contribution in [1.29, 1.82) is 0 Å². The number of carboxylic acid groups (broad SMARTS) is 1. The summed E-state index contributed by atoms with van der Waals surface area (Å²) in [6.45, 7) is 1.80. The molecule has 34 heavy (non-hydrogen) atoms. The molecule has 4 rings (SSSR count). The van der Waals surface area contributed by atoms with Crippen molar-refractivity contribution in [2.24, 2.45) is 0 Å². The number of hydrogen-bond donors (Lipinski definition) is 2. The maximum atomic E-state index is 12.7. The number of aliphatic carboxylic acids is 1.